The Kier molecular flexibility index (Phi) is 10.5. The number of piperazine rings is 1. The number of rotatable bonds is 11. The van der Waals surface area contributed by atoms with Gasteiger partial charge >= 0.3 is 12.7 Å². The number of anilines is 4. The highest BCUT2D eigenvalue weighted by Gasteiger charge is 2.34. The van der Waals surface area contributed by atoms with Crippen LogP contribution >= 0.6 is 0 Å². The number of nitrogens with one attached hydrogen (secondary N) is 1. The summed E-state index contributed by atoms with van der Waals surface area (Å²) < 4.78 is 43.1. The second-order valence-corrected chi connectivity index (χ2v) is 11.7. The lowest BCUT2D eigenvalue weighted by Gasteiger charge is -2.35. The molecule has 13 heteroatoms. The molecule has 1 saturated heterocycles. The third-order valence-electron chi connectivity index (χ3n) is 8.37. The van der Waals surface area contributed by atoms with Crippen LogP contribution in [-0.4, -0.2) is 80.1 Å². The van der Waals surface area contributed by atoms with Crippen LogP contribution in [0.5, 0.6) is 17.2 Å². The van der Waals surface area contributed by atoms with E-state index < -0.39 is 18.7 Å². The molecule has 11 nitrogen and oxygen atoms in total. The smallest absolute Gasteiger partial charge is 0.413 e. The summed E-state index contributed by atoms with van der Waals surface area (Å²) in [6.07, 6.45) is 0.169. The Labute approximate surface area is 278 Å². The van der Waals surface area contributed by atoms with Crippen molar-refractivity contribution in [3.05, 3.63) is 88.6 Å². The predicted octanol–water partition coefficient (Wildman–Crippen LogP) is 6.79. The topological polar surface area (TPSA) is 113 Å². The van der Waals surface area contributed by atoms with Gasteiger partial charge < -0.3 is 34.4 Å². The number of carbonyl (C=O) groups is 1. The molecule has 4 aromatic rings. The van der Waals surface area contributed by atoms with Crippen molar-refractivity contribution in [3.63, 3.8) is 0 Å². The number of aryl methyl sites for hydroxylation is 3. The van der Waals surface area contributed by atoms with Crippen molar-refractivity contribution in [3.8, 4) is 17.2 Å². The summed E-state index contributed by atoms with van der Waals surface area (Å²) in [6.45, 7) is 5.75. The number of nitrogens with zero attached hydrogens (tertiary/aromatic N) is 5. The van der Waals surface area contributed by atoms with Gasteiger partial charge in [0, 0.05) is 49.7 Å². The van der Waals surface area contributed by atoms with Gasteiger partial charge in [-0.1, -0.05) is 17.7 Å². The molecule has 1 aromatic heterocycles. The molecule has 3 aromatic carbocycles. The number of carboxylic acid groups (broad SMARTS) is 1. The standard InChI is InChI=1S/C35H40F2N6O5/c1-21-17-22(2)31(23(3)18-21)32(26-20-25(46-5)8-10-28(26)47-6)43(35(44)45)30-11-12-38-34(40-30)39-24-7-9-27(29(19-24)48-33(36)37)42-15-13-41(4)14-16-42/h7-12,17-20,32-33H,13-16H2,1-6H3,(H,44,45)(H,38,39,40). The Bertz CT molecular complexity index is 1740. The van der Waals surface area contributed by atoms with Gasteiger partial charge in [-0.2, -0.15) is 13.8 Å². The number of hydrogen-bond donors (Lipinski definition) is 2. The maximum Gasteiger partial charge on any atom is 0.413 e. The first kappa shape index (κ1) is 34.2. The highest BCUT2D eigenvalue weighted by Crippen LogP contribution is 2.42. The second kappa shape index (κ2) is 14.7. The molecule has 1 atom stereocenters. The van der Waals surface area contributed by atoms with Crippen molar-refractivity contribution in [2.24, 2.45) is 0 Å². The molecular weight excluding hydrogens is 622 g/mol. The molecule has 2 heterocycles. The van der Waals surface area contributed by atoms with Crippen LogP contribution in [0.15, 0.2) is 60.8 Å². The van der Waals surface area contributed by atoms with Gasteiger partial charge in [-0.25, -0.2) is 14.7 Å². The molecular formula is C35H40F2N6O5. The number of benzene rings is 3. The number of amides is 1. The van der Waals surface area contributed by atoms with Crippen molar-refractivity contribution in [2.75, 3.05) is 62.6 Å². The third kappa shape index (κ3) is 7.52. The molecule has 1 aliphatic rings. The van der Waals surface area contributed by atoms with Crippen LogP contribution in [0.3, 0.4) is 0 Å². The van der Waals surface area contributed by atoms with Crippen LogP contribution in [0.25, 0.3) is 0 Å². The molecule has 5 rings (SSSR count). The van der Waals surface area contributed by atoms with Gasteiger partial charge in [0.2, 0.25) is 5.95 Å². The van der Waals surface area contributed by atoms with Crippen LogP contribution in [-0.2, 0) is 0 Å². The van der Waals surface area contributed by atoms with E-state index in [0.717, 1.165) is 40.2 Å². The summed E-state index contributed by atoms with van der Waals surface area (Å²) in [5.41, 5.74) is 5.06. The average molecular weight is 663 g/mol. The normalized spacial score (nSPS) is 14.1. The first-order valence-corrected chi connectivity index (χ1v) is 15.4. The fourth-order valence-corrected chi connectivity index (χ4v) is 6.20. The van der Waals surface area contributed by atoms with Gasteiger partial charge in [0.05, 0.1) is 25.9 Å². The fourth-order valence-electron chi connectivity index (χ4n) is 6.20. The van der Waals surface area contributed by atoms with Crippen molar-refractivity contribution >= 4 is 29.2 Å². The molecule has 1 unspecified atom stereocenters. The highest BCUT2D eigenvalue weighted by molar-refractivity contribution is 5.87. The number of alkyl halides is 2. The van der Waals surface area contributed by atoms with Crippen LogP contribution in [0, 0.1) is 20.8 Å². The summed E-state index contributed by atoms with van der Waals surface area (Å²) in [6, 6.07) is 14.7. The molecule has 0 spiro atoms. The maximum atomic E-state index is 13.5. The maximum absolute atomic E-state index is 13.5. The number of hydrogen-bond acceptors (Lipinski definition) is 9. The van der Waals surface area contributed by atoms with Crippen molar-refractivity contribution in [1.29, 1.82) is 0 Å². The lowest BCUT2D eigenvalue weighted by atomic mass is 9.88. The van der Waals surface area contributed by atoms with Crippen molar-refractivity contribution in [1.82, 2.24) is 14.9 Å². The zero-order valence-corrected chi connectivity index (χ0v) is 27.8. The van der Waals surface area contributed by atoms with E-state index >= 15 is 0 Å². The van der Waals surface area contributed by atoms with Crippen LogP contribution in [0.4, 0.5) is 36.7 Å². The minimum atomic E-state index is -3.02. The van der Waals surface area contributed by atoms with E-state index in [2.05, 4.69) is 20.2 Å². The van der Waals surface area contributed by atoms with Crippen molar-refractivity contribution in [2.45, 2.75) is 33.4 Å². The zero-order valence-electron chi connectivity index (χ0n) is 27.8. The molecule has 48 heavy (non-hydrogen) atoms. The van der Waals surface area contributed by atoms with Crippen LogP contribution < -0.4 is 29.3 Å². The summed E-state index contributed by atoms with van der Waals surface area (Å²) in [5, 5.41) is 13.8. The largest absolute Gasteiger partial charge is 0.497 e. The summed E-state index contributed by atoms with van der Waals surface area (Å²) in [5.74, 6) is 1.13. The summed E-state index contributed by atoms with van der Waals surface area (Å²) >= 11 is 0. The number of halogens is 2. The third-order valence-corrected chi connectivity index (χ3v) is 8.37. The van der Waals surface area contributed by atoms with Gasteiger partial charge in [-0.15, -0.1) is 0 Å². The summed E-state index contributed by atoms with van der Waals surface area (Å²) in [4.78, 5) is 27.5. The first-order valence-electron chi connectivity index (χ1n) is 15.4. The second-order valence-electron chi connectivity index (χ2n) is 11.7. The lowest BCUT2D eigenvalue weighted by molar-refractivity contribution is -0.0495. The van der Waals surface area contributed by atoms with Crippen LogP contribution in [0.2, 0.25) is 0 Å². The van der Waals surface area contributed by atoms with Gasteiger partial charge in [0.1, 0.15) is 17.3 Å². The SMILES string of the molecule is COc1ccc(OC)c(C(c2c(C)cc(C)cc2C)N(C(=O)O)c2ccnc(Nc3ccc(N4CCN(C)CC4)c(OC(F)F)c3)n2)c1. The van der Waals surface area contributed by atoms with E-state index in [1.54, 1.807) is 30.3 Å². The fraction of sp³-hybridized carbons (Fsp3) is 0.343. The minimum Gasteiger partial charge on any atom is -0.497 e. The van der Waals surface area contributed by atoms with E-state index in [0.29, 0.717) is 41.5 Å². The van der Waals surface area contributed by atoms with Gasteiger partial charge in [0.15, 0.2) is 5.75 Å². The Morgan fingerprint density at radius 1 is 0.938 bits per heavy atom. The molecule has 1 amide bonds. The summed E-state index contributed by atoms with van der Waals surface area (Å²) in [7, 11) is 5.07. The predicted molar refractivity (Wildman–Crippen MR) is 181 cm³/mol. The van der Waals surface area contributed by atoms with Gasteiger partial charge in [-0.3, -0.25) is 0 Å². The number of ether oxygens (including phenoxy) is 3. The molecule has 1 aliphatic heterocycles. The monoisotopic (exact) mass is 662 g/mol. The minimum absolute atomic E-state index is 0.0124. The Morgan fingerprint density at radius 2 is 1.65 bits per heavy atom. The quantitative estimate of drug-likeness (QED) is 0.178. The Balaban J connectivity index is 1.57. The Morgan fingerprint density at radius 3 is 2.27 bits per heavy atom. The number of aromatic nitrogens is 2. The molecule has 0 bridgehead atoms. The average Bonchev–Trinajstić information content (AvgIpc) is 3.04. The zero-order chi connectivity index (χ0) is 34.5. The van der Waals surface area contributed by atoms with E-state index in [4.69, 9.17) is 14.2 Å². The number of likely N-dealkylation sites (N-methyl/N-ethyl adjacent to an activating group) is 1. The molecule has 0 saturated carbocycles. The van der Waals surface area contributed by atoms with E-state index in [-0.39, 0.29) is 17.5 Å². The van der Waals surface area contributed by atoms with Crippen LogP contribution in [0.1, 0.15) is 33.9 Å². The molecule has 0 radical (unpaired) electrons. The van der Waals surface area contributed by atoms with E-state index in [1.165, 1.54) is 32.5 Å². The molecule has 254 valence electrons. The number of methoxy groups -OCH3 is 2. The Hall–Kier alpha value is -5.17. The van der Waals surface area contributed by atoms with Gasteiger partial charge in [0.25, 0.3) is 0 Å². The van der Waals surface area contributed by atoms with Gasteiger partial charge in [-0.05, 0) is 80.9 Å². The first-order chi connectivity index (χ1) is 23.0. The van der Waals surface area contributed by atoms with Crippen molar-refractivity contribution < 1.29 is 32.9 Å². The van der Waals surface area contributed by atoms with E-state index in [9.17, 15) is 18.7 Å². The highest BCUT2D eigenvalue weighted by atomic mass is 19.3. The molecule has 1 fully saturated rings. The lowest BCUT2D eigenvalue weighted by Crippen LogP contribution is -2.44. The molecule has 0 aliphatic carbocycles. The molecule has 2 N–H and O–H groups in total. The van der Waals surface area contributed by atoms with E-state index in [1.807, 2.05) is 44.9 Å².